The van der Waals surface area contributed by atoms with Gasteiger partial charge in [-0.25, -0.2) is 4.57 Å². The van der Waals surface area contributed by atoms with Crippen LogP contribution in [0, 0.1) is 0 Å². The molecule has 5 heteroatoms. The van der Waals surface area contributed by atoms with E-state index in [1.807, 2.05) is 62.3 Å². The van der Waals surface area contributed by atoms with Crippen LogP contribution in [0.1, 0.15) is 62.3 Å². The highest BCUT2D eigenvalue weighted by Gasteiger charge is 2.39. The summed E-state index contributed by atoms with van der Waals surface area (Å²) in [6.45, 7) is 14.1. The van der Waals surface area contributed by atoms with Gasteiger partial charge in [-0.2, -0.15) is 0 Å². The van der Waals surface area contributed by atoms with Gasteiger partial charge in [0, 0.05) is 4.75 Å². The summed E-state index contributed by atoms with van der Waals surface area (Å²) in [5.41, 5.74) is -0.974. The van der Waals surface area contributed by atoms with E-state index in [-0.39, 0.29) is 4.75 Å². The van der Waals surface area contributed by atoms with Crippen molar-refractivity contribution in [3.63, 3.8) is 0 Å². The Hall–Kier alpha value is 0.500. The monoisotopic (exact) mass is 282 g/mol. The highest BCUT2D eigenvalue weighted by Crippen LogP contribution is 2.68. The van der Waals surface area contributed by atoms with E-state index in [2.05, 4.69) is 0 Å². The quantitative estimate of drug-likeness (QED) is 0.662. The smallest absolute Gasteiger partial charge is 0.295 e. The second-order valence-corrected chi connectivity index (χ2v) is 11.6. The maximum Gasteiger partial charge on any atom is 0.390 e. The number of hydrogen-bond acceptors (Lipinski definition) is 4. The first-order chi connectivity index (χ1) is 7.12. The summed E-state index contributed by atoms with van der Waals surface area (Å²) < 4.78 is 24.0. The van der Waals surface area contributed by atoms with Gasteiger partial charge in [0.15, 0.2) is 0 Å². The molecule has 0 aliphatic heterocycles. The molecule has 0 heterocycles. The molecular formula is C12H27O3PS. The molecule has 0 spiro atoms. The van der Waals surface area contributed by atoms with Gasteiger partial charge in [-0.3, -0.25) is 9.05 Å². The van der Waals surface area contributed by atoms with Crippen molar-refractivity contribution in [2.75, 3.05) is 0 Å². The first-order valence-corrected chi connectivity index (χ1v) is 8.81. The SMILES string of the molecule is CC(C)(C)OP(=O)(OC(C)(C)C)SC(C)(C)C. The summed E-state index contributed by atoms with van der Waals surface area (Å²) in [6.07, 6.45) is 0. The maximum absolute atomic E-state index is 12.8. The van der Waals surface area contributed by atoms with E-state index < -0.39 is 18.0 Å². The fourth-order valence-corrected chi connectivity index (χ4v) is 6.76. The first-order valence-electron chi connectivity index (χ1n) is 5.84. The second kappa shape index (κ2) is 5.24. The fourth-order valence-electron chi connectivity index (χ4n) is 1.06. The van der Waals surface area contributed by atoms with Gasteiger partial charge in [-0.1, -0.05) is 20.8 Å². The third-order valence-corrected chi connectivity index (χ3v) is 6.23. The van der Waals surface area contributed by atoms with Crippen LogP contribution in [0.25, 0.3) is 0 Å². The van der Waals surface area contributed by atoms with E-state index in [0.717, 1.165) is 0 Å². The molecule has 0 bridgehead atoms. The van der Waals surface area contributed by atoms with Gasteiger partial charge >= 0.3 is 6.80 Å². The molecule has 0 saturated carbocycles. The lowest BCUT2D eigenvalue weighted by atomic mass is 10.2. The highest BCUT2D eigenvalue weighted by molar-refractivity contribution is 8.55. The van der Waals surface area contributed by atoms with Gasteiger partial charge in [-0.15, -0.1) is 0 Å². The van der Waals surface area contributed by atoms with Gasteiger partial charge in [-0.05, 0) is 52.9 Å². The van der Waals surface area contributed by atoms with Crippen molar-refractivity contribution >= 4 is 18.2 Å². The zero-order valence-electron chi connectivity index (χ0n) is 12.6. The van der Waals surface area contributed by atoms with Crippen LogP contribution in [0.2, 0.25) is 0 Å². The topological polar surface area (TPSA) is 35.5 Å². The Labute approximate surface area is 110 Å². The van der Waals surface area contributed by atoms with Gasteiger partial charge < -0.3 is 0 Å². The summed E-state index contributed by atoms with van der Waals surface area (Å²) in [6, 6.07) is 0. The molecule has 0 radical (unpaired) electrons. The van der Waals surface area contributed by atoms with Crippen LogP contribution in [0.4, 0.5) is 0 Å². The van der Waals surface area contributed by atoms with E-state index in [0.29, 0.717) is 0 Å². The molecule has 0 unspecified atom stereocenters. The third-order valence-electron chi connectivity index (χ3n) is 1.16. The predicted octanol–water partition coefficient (Wildman–Crippen LogP) is 5.26. The summed E-state index contributed by atoms with van der Waals surface area (Å²) >= 11 is 1.27. The summed E-state index contributed by atoms with van der Waals surface area (Å²) in [5.74, 6) is 0. The minimum atomic E-state index is -3.17. The Morgan fingerprint density at radius 3 is 1.24 bits per heavy atom. The zero-order valence-corrected chi connectivity index (χ0v) is 14.3. The lowest BCUT2D eigenvalue weighted by molar-refractivity contribution is 0.0591. The molecule has 0 N–H and O–H groups in total. The van der Waals surface area contributed by atoms with Gasteiger partial charge in [0.05, 0.1) is 11.2 Å². The zero-order chi connectivity index (χ0) is 14.1. The average molecular weight is 282 g/mol. The third kappa shape index (κ3) is 10.1. The van der Waals surface area contributed by atoms with Crippen LogP contribution >= 0.6 is 18.2 Å². The van der Waals surface area contributed by atoms with Crippen LogP contribution < -0.4 is 0 Å². The second-order valence-electron chi connectivity index (χ2n) is 7.06. The first kappa shape index (κ1) is 17.5. The van der Waals surface area contributed by atoms with Crippen molar-refractivity contribution in [1.29, 1.82) is 0 Å². The molecule has 0 saturated heterocycles. The number of rotatable bonds is 3. The van der Waals surface area contributed by atoms with Crippen LogP contribution in [-0.4, -0.2) is 15.9 Å². The molecule has 0 aromatic carbocycles. The lowest BCUT2D eigenvalue weighted by Gasteiger charge is -2.34. The summed E-state index contributed by atoms with van der Waals surface area (Å²) in [5, 5.41) is 0. The molecule has 0 aliphatic rings. The van der Waals surface area contributed by atoms with E-state index in [4.69, 9.17) is 9.05 Å². The molecule has 0 atom stereocenters. The van der Waals surface area contributed by atoms with E-state index >= 15 is 0 Å². The molecule has 3 nitrogen and oxygen atoms in total. The molecule has 0 rings (SSSR count). The van der Waals surface area contributed by atoms with Crippen molar-refractivity contribution < 1.29 is 13.6 Å². The van der Waals surface area contributed by atoms with Crippen molar-refractivity contribution in [2.24, 2.45) is 0 Å². The predicted molar refractivity (Wildman–Crippen MR) is 76.6 cm³/mol. The van der Waals surface area contributed by atoms with Crippen molar-refractivity contribution in [3.8, 4) is 0 Å². The Balaban J connectivity index is 5.03. The molecule has 17 heavy (non-hydrogen) atoms. The molecule has 0 fully saturated rings. The molecular weight excluding hydrogens is 255 g/mol. The van der Waals surface area contributed by atoms with E-state index in [9.17, 15) is 4.57 Å². The van der Waals surface area contributed by atoms with E-state index in [1.54, 1.807) is 0 Å². The molecule has 104 valence electrons. The lowest BCUT2D eigenvalue weighted by Crippen LogP contribution is -2.24. The van der Waals surface area contributed by atoms with Gasteiger partial charge in [0.25, 0.3) is 0 Å². The van der Waals surface area contributed by atoms with Crippen molar-refractivity contribution in [1.82, 2.24) is 0 Å². The van der Waals surface area contributed by atoms with Gasteiger partial charge in [0.2, 0.25) is 0 Å². The molecule has 0 aromatic heterocycles. The maximum atomic E-state index is 12.8. The Bertz CT molecular complexity index is 247. The minimum absolute atomic E-state index is 0.175. The molecule has 0 aliphatic carbocycles. The van der Waals surface area contributed by atoms with Crippen LogP contribution in [0.15, 0.2) is 0 Å². The van der Waals surface area contributed by atoms with Crippen molar-refractivity contribution in [3.05, 3.63) is 0 Å². The number of hydrogen-bond donors (Lipinski definition) is 0. The largest absolute Gasteiger partial charge is 0.390 e. The fraction of sp³-hybridized carbons (Fsp3) is 1.00. The van der Waals surface area contributed by atoms with Crippen LogP contribution in [0.5, 0.6) is 0 Å². The van der Waals surface area contributed by atoms with Crippen molar-refractivity contribution in [2.45, 2.75) is 78.3 Å². The summed E-state index contributed by atoms with van der Waals surface area (Å²) in [4.78, 5) is 0. The minimum Gasteiger partial charge on any atom is -0.295 e. The van der Waals surface area contributed by atoms with E-state index in [1.165, 1.54) is 11.4 Å². The molecule has 0 amide bonds. The summed E-state index contributed by atoms with van der Waals surface area (Å²) in [7, 11) is 0. The standard InChI is InChI=1S/C12H27O3PS/c1-10(2,3)14-16(13,15-11(4,5)6)17-12(7,8)9/h1-9H3. The Morgan fingerprint density at radius 2 is 1.06 bits per heavy atom. The van der Waals surface area contributed by atoms with Gasteiger partial charge in [0.1, 0.15) is 0 Å². The average Bonchev–Trinajstić information content (AvgIpc) is 1.65. The molecule has 0 aromatic rings. The van der Waals surface area contributed by atoms with Crippen LogP contribution in [0.3, 0.4) is 0 Å². The Kier molecular flexibility index (Phi) is 5.40. The normalized spacial score (nSPS) is 15.1. The Morgan fingerprint density at radius 1 is 0.765 bits per heavy atom. The van der Waals surface area contributed by atoms with Crippen LogP contribution in [-0.2, 0) is 13.6 Å². The highest BCUT2D eigenvalue weighted by atomic mass is 32.7.